The van der Waals surface area contributed by atoms with Crippen LogP contribution in [0.1, 0.15) is 12.5 Å². The molecule has 0 bridgehead atoms. The van der Waals surface area contributed by atoms with Crippen molar-refractivity contribution in [1.29, 1.82) is 10.8 Å². The summed E-state index contributed by atoms with van der Waals surface area (Å²) in [6.07, 6.45) is -1.46. The molecule has 2 rings (SSSR count). The molecule has 0 aliphatic rings. The SMILES string of the molecule is C[C@@H](N/C(C=N)=N/C(=N)c1c[nH]c2ncc(F)cc12)C(=O)NCC(F)(F)F. The predicted octanol–water partition coefficient (Wildman–Crippen LogP) is 1.73. The van der Waals surface area contributed by atoms with Crippen molar-refractivity contribution in [2.75, 3.05) is 6.54 Å². The maximum absolute atomic E-state index is 13.3. The monoisotopic (exact) mass is 385 g/mol. The van der Waals surface area contributed by atoms with Gasteiger partial charge in [-0.3, -0.25) is 10.2 Å². The first-order valence-electron chi connectivity index (χ1n) is 7.52. The number of carbonyl (C=O) groups is 1. The molecule has 2 heterocycles. The number of alkyl halides is 3. The summed E-state index contributed by atoms with van der Waals surface area (Å²) in [5.74, 6) is -2.15. The molecule has 0 saturated carbocycles. The lowest BCUT2D eigenvalue weighted by atomic mass is 10.2. The number of hydrogen-bond donors (Lipinski definition) is 5. The fraction of sp³-hybridized carbons (Fsp3) is 0.267. The Labute approximate surface area is 150 Å². The minimum absolute atomic E-state index is 0.201. The van der Waals surface area contributed by atoms with Crippen LogP contribution >= 0.6 is 0 Å². The number of pyridine rings is 1. The normalized spacial score (nSPS) is 13.3. The van der Waals surface area contributed by atoms with E-state index in [1.807, 2.05) is 0 Å². The number of amidine groups is 2. The lowest BCUT2D eigenvalue weighted by Crippen LogP contribution is -2.47. The minimum Gasteiger partial charge on any atom is -0.357 e. The Morgan fingerprint density at radius 1 is 1.48 bits per heavy atom. The number of carbonyl (C=O) groups excluding carboxylic acids is 1. The van der Waals surface area contributed by atoms with Gasteiger partial charge in [-0.05, 0) is 13.0 Å². The molecule has 5 N–H and O–H groups in total. The smallest absolute Gasteiger partial charge is 0.357 e. The topological polar surface area (TPSA) is 130 Å². The Hall–Kier alpha value is -3.31. The lowest BCUT2D eigenvalue weighted by Gasteiger charge is -2.15. The van der Waals surface area contributed by atoms with Crippen molar-refractivity contribution in [2.24, 2.45) is 4.99 Å². The number of aromatic amines is 1. The molecule has 0 unspecified atom stereocenters. The van der Waals surface area contributed by atoms with Crippen molar-refractivity contribution in [3.8, 4) is 0 Å². The average molecular weight is 385 g/mol. The van der Waals surface area contributed by atoms with Crippen LogP contribution in [-0.4, -0.2) is 52.5 Å². The summed E-state index contributed by atoms with van der Waals surface area (Å²) < 4.78 is 49.8. The standard InChI is InChI=1S/C15H15F4N7O/c1-7(14(27)24-6-15(17,18)19)25-11(3-20)26-12(21)10-5-23-13-9(10)2-8(16)4-22-13/h2-5,7,20H,6H2,1H3,(H,22,23)(H,24,27)(H2,21,25,26)/t7-/m1/s1. The third kappa shape index (κ3) is 5.33. The van der Waals surface area contributed by atoms with Crippen molar-refractivity contribution in [3.05, 3.63) is 29.8 Å². The van der Waals surface area contributed by atoms with Gasteiger partial charge in [-0.25, -0.2) is 14.4 Å². The second-order valence-electron chi connectivity index (χ2n) is 5.44. The Kier molecular flexibility index (Phi) is 5.88. The van der Waals surface area contributed by atoms with Crippen molar-refractivity contribution in [2.45, 2.75) is 19.1 Å². The van der Waals surface area contributed by atoms with Crippen LogP contribution in [0, 0.1) is 16.6 Å². The van der Waals surface area contributed by atoms with E-state index in [4.69, 9.17) is 10.8 Å². The Bertz CT molecular complexity index is 903. The highest BCUT2D eigenvalue weighted by Crippen LogP contribution is 2.18. The Morgan fingerprint density at radius 2 is 2.19 bits per heavy atom. The number of hydrogen-bond acceptors (Lipinski definition) is 4. The predicted molar refractivity (Wildman–Crippen MR) is 90.8 cm³/mol. The van der Waals surface area contributed by atoms with E-state index in [1.54, 1.807) is 5.32 Å². The maximum Gasteiger partial charge on any atom is 0.405 e. The molecule has 2 aromatic heterocycles. The number of halogens is 4. The van der Waals surface area contributed by atoms with Crippen LogP contribution in [0.5, 0.6) is 0 Å². The molecule has 1 amide bonds. The number of H-pyrrole nitrogens is 1. The van der Waals surface area contributed by atoms with Gasteiger partial charge in [-0.1, -0.05) is 0 Å². The molecule has 2 aromatic rings. The number of aliphatic imine (C=N–C) groups is 1. The molecule has 0 saturated heterocycles. The number of rotatable bonds is 5. The average Bonchev–Trinajstić information content (AvgIpc) is 3.01. The molecular weight excluding hydrogens is 370 g/mol. The van der Waals surface area contributed by atoms with Gasteiger partial charge >= 0.3 is 6.18 Å². The molecule has 144 valence electrons. The van der Waals surface area contributed by atoms with E-state index in [1.165, 1.54) is 13.1 Å². The zero-order valence-electron chi connectivity index (χ0n) is 13.9. The first kappa shape index (κ1) is 20.0. The second kappa shape index (κ2) is 7.93. The van der Waals surface area contributed by atoms with Crippen LogP contribution in [0.15, 0.2) is 23.5 Å². The number of aromatic nitrogens is 2. The van der Waals surface area contributed by atoms with E-state index in [0.717, 1.165) is 12.3 Å². The highest BCUT2D eigenvalue weighted by atomic mass is 19.4. The van der Waals surface area contributed by atoms with Gasteiger partial charge in [0.15, 0.2) is 5.84 Å². The lowest BCUT2D eigenvalue weighted by molar-refractivity contribution is -0.139. The molecular formula is C15H15F4N7O. The number of amides is 1. The first-order valence-corrected chi connectivity index (χ1v) is 7.52. The van der Waals surface area contributed by atoms with Gasteiger partial charge < -0.3 is 21.0 Å². The molecule has 0 aliphatic heterocycles. The van der Waals surface area contributed by atoms with Gasteiger partial charge in [0.2, 0.25) is 5.91 Å². The summed E-state index contributed by atoms with van der Waals surface area (Å²) in [5, 5.41) is 19.7. The molecule has 12 heteroatoms. The van der Waals surface area contributed by atoms with Gasteiger partial charge in [0.25, 0.3) is 0 Å². The summed E-state index contributed by atoms with van der Waals surface area (Å²) in [6, 6.07) is 0.0192. The zero-order chi connectivity index (χ0) is 20.2. The van der Waals surface area contributed by atoms with Crippen molar-refractivity contribution >= 4 is 34.8 Å². The molecule has 0 aromatic carbocycles. The van der Waals surface area contributed by atoms with E-state index in [2.05, 4.69) is 20.3 Å². The summed E-state index contributed by atoms with van der Waals surface area (Å²) in [4.78, 5) is 22.0. The fourth-order valence-electron chi connectivity index (χ4n) is 2.09. The number of nitrogens with one attached hydrogen (secondary N) is 5. The Balaban J connectivity index is 2.12. The highest BCUT2D eigenvalue weighted by molar-refractivity contribution is 6.32. The van der Waals surface area contributed by atoms with E-state index < -0.39 is 30.5 Å². The van der Waals surface area contributed by atoms with E-state index in [9.17, 15) is 22.4 Å². The quantitative estimate of drug-likeness (QED) is 0.305. The van der Waals surface area contributed by atoms with Crippen LogP contribution < -0.4 is 10.6 Å². The maximum atomic E-state index is 13.3. The third-order valence-electron chi connectivity index (χ3n) is 3.34. The van der Waals surface area contributed by atoms with Gasteiger partial charge in [0, 0.05) is 17.1 Å². The van der Waals surface area contributed by atoms with E-state index >= 15 is 0 Å². The fourth-order valence-corrected chi connectivity index (χ4v) is 2.09. The summed E-state index contributed by atoms with van der Waals surface area (Å²) in [5.41, 5.74) is 0.530. The molecule has 8 nitrogen and oxygen atoms in total. The van der Waals surface area contributed by atoms with Crippen LogP contribution in [-0.2, 0) is 4.79 Å². The van der Waals surface area contributed by atoms with Crippen molar-refractivity contribution in [3.63, 3.8) is 0 Å². The molecule has 0 fully saturated rings. The molecule has 0 radical (unpaired) electrons. The highest BCUT2D eigenvalue weighted by Gasteiger charge is 2.28. The number of nitrogens with zero attached hydrogens (tertiary/aromatic N) is 2. The molecule has 27 heavy (non-hydrogen) atoms. The van der Waals surface area contributed by atoms with Gasteiger partial charge in [0.05, 0.1) is 12.4 Å². The largest absolute Gasteiger partial charge is 0.405 e. The van der Waals surface area contributed by atoms with Crippen LogP contribution in [0.4, 0.5) is 17.6 Å². The number of fused-ring (bicyclic) bond motifs is 1. The summed E-state index contributed by atoms with van der Waals surface area (Å²) >= 11 is 0. The summed E-state index contributed by atoms with van der Waals surface area (Å²) in [6.45, 7) is -0.210. The minimum atomic E-state index is -4.55. The summed E-state index contributed by atoms with van der Waals surface area (Å²) in [7, 11) is 0. The zero-order valence-corrected chi connectivity index (χ0v) is 13.9. The van der Waals surface area contributed by atoms with E-state index in [-0.39, 0.29) is 17.2 Å². The molecule has 0 aliphatic carbocycles. The third-order valence-corrected chi connectivity index (χ3v) is 3.34. The second-order valence-corrected chi connectivity index (χ2v) is 5.44. The molecule has 1 atom stereocenters. The Morgan fingerprint density at radius 3 is 2.81 bits per heavy atom. The van der Waals surface area contributed by atoms with Crippen molar-refractivity contribution in [1.82, 2.24) is 20.6 Å². The van der Waals surface area contributed by atoms with Gasteiger partial charge in [-0.15, -0.1) is 0 Å². The van der Waals surface area contributed by atoms with E-state index in [0.29, 0.717) is 17.2 Å². The van der Waals surface area contributed by atoms with Crippen LogP contribution in [0.25, 0.3) is 11.0 Å². The molecule has 0 spiro atoms. The van der Waals surface area contributed by atoms with Gasteiger partial charge in [0.1, 0.15) is 29.9 Å². The van der Waals surface area contributed by atoms with Crippen LogP contribution in [0.2, 0.25) is 0 Å². The first-order chi connectivity index (χ1) is 12.6. The van der Waals surface area contributed by atoms with Crippen LogP contribution in [0.3, 0.4) is 0 Å². The van der Waals surface area contributed by atoms with Gasteiger partial charge in [-0.2, -0.15) is 13.2 Å². The van der Waals surface area contributed by atoms with Crippen molar-refractivity contribution < 1.29 is 22.4 Å².